The molecule has 0 heterocycles. The standard InChI is InChI=1S/C40H42N2/c1-29-9-7-15-37(25-29)41(39-19-17-31-11-3-5-13-33(31)27-39)35-21-23-36(24-22-35)42(38-16-8-10-30(2)26-38)40-20-18-32-12-4-6-14-34(32)28-40/h7-10,15-28,31,33H,3-6,11-14H2,1-2H3. The van der Waals surface area contributed by atoms with Crippen LogP contribution in [0.25, 0.3) is 0 Å². The SMILES string of the molecule is Cc1cccc(N(C2=CC3CCCCC3C=C2)c2ccc(N(c3cccc(C)c3)c3ccc4c(c3)CCCC4)cc2)c1. The normalized spacial score (nSPS) is 19.4. The Hall–Kier alpha value is -4.04. The Balaban J connectivity index is 1.29. The first kappa shape index (κ1) is 26.8. The summed E-state index contributed by atoms with van der Waals surface area (Å²) in [7, 11) is 0. The van der Waals surface area contributed by atoms with Crippen LogP contribution in [0.4, 0.5) is 28.4 Å². The molecule has 3 aliphatic carbocycles. The minimum Gasteiger partial charge on any atom is -0.311 e. The van der Waals surface area contributed by atoms with Gasteiger partial charge in [-0.25, -0.2) is 0 Å². The summed E-state index contributed by atoms with van der Waals surface area (Å²) in [4.78, 5) is 4.88. The molecule has 42 heavy (non-hydrogen) atoms. The molecule has 2 atom stereocenters. The first-order valence-corrected chi connectivity index (χ1v) is 16.0. The van der Waals surface area contributed by atoms with Crippen molar-refractivity contribution in [2.45, 2.75) is 65.2 Å². The van der Waals surface area contributed by atoms with Gasteiger partial charge in [0.05, 0.1) is 0 Å². The predicted octanol–water partition coefficient (Wildman–Crippen LogP) is 11.1. The van der Waals surface area contributed by atoms with Gasteiger partial charge in [0.2, 0.25) is 0 Å². The van der Waals surface area contributed by atoms with Crippen molar-refractivity contribution >= 4 is 28.4 Å². The smallest absolute Gasteiger partial charge is 0.0464 e. The third-order valence-electron chi connectivity index (χ3n) is 9.51. The maximum absolute atomic E-state index is 2.55. The third-order valence-corrected chi connectivity index (χ3v) is 9.51. The van der Waals surface area contributed by atoms with Crippen molar-refractivity contribution in [3.8, 4) is 0 Å². The van der Waals surface area contributed by atoms with Gasteiger partial charge < -0.3 is 9.80 Å². The molecule has 0 aromatic heterocycles. The van der Waals surface area contributed by atoms with E-state index in [9.17, 15) is 0 Å². The van der Waals surface area contributed by atoms with E-state index >= 15 is 0 Å². The monoisotopic (exact) mass is 550 g/mol. The summed E-state index contributed by atoms with van der Waals surface area (Å²) in [5, 5.41) is 0. The lowest BCUT2D eigenvalue weighted by Gasteiger charge is -2.35. The van der Waals surface area contributed by atoms with E-state index in [1.54, 1.807) is 0 Å². The van der Waals surface area contributed by atoms with Crippen LogP contribution in [0.3, 0.4) is 0 Å². The van der Waals surface area contributed by atoms with Crippen LogP contribution in [0.1, 0.15) is 60.8 Å². The van der Waals surface area contributed by atoms with Gasteiger partial charge in [-0.15, -0.1) is 0 Å². The van der Waals surface area contributed by atoms with Gasteiger partial charge in [0, 0.05) is 34.1 Å². The molecule has 0 N–H and O–H groups in total. The van der Waals surface area contributed by atoms with Crippen molar-refractivity contribution < 1.29 is 0 Å². The summed E-state index contributed by atoms with van der Waals surface area (Å²) < 4.78 is 0. The van der Waals surface area contributed by atoms with Crippen LogP contribution in [0.15, 0.2) is 115 Å². The Kier molecular flexibility index (Phi) is 7.46. The number of allylic oxidation sites excluding steroid dienone is 3. The zero-order valence-corrected chi connectivity index (χ0v) is 25.1. The fourth-order valence-electron chi connectivity index (χ4n) is 7.32. The van der Waals surface area contributed by atoms with Crippen molar-refractivity contribution in [3.63, 3.8) is 0 Å². The molecule has 0 spiro atoms. The van der Waals surface area contributed by atoms with Gasteiger partial charge >= 0.3 is 0 Å². The molecular weight excluding hydrogens is 508 g/mol. The number of nitrogens with zero attached hydrogens (tertiary/aromatic N) is 2. The minimum absolute atomic E-state index is 0.645. The predicted molar refractivity (Wildman–Crippen MR) is 178 cm³/mol. The highest BCUT2D eigenvalue weighted by Gasteiger charge is 2.27. The van der Waals surface area contributed by atoms with E-state index in [-0.39, 0.29) is 0 Å². The van der Waals surface area contributed by atoms with Crippen LogP contribution >= 0.6 is 0 Å². The summed E-state index contributed by atoms with van der Waals surface area (Å²) in [5.74, 6) is 1.34. The molecular formula is C40H42N2. The van der Waals surface area contributed by atoms with Crippen LogP contribution < -0.4 is 9.80 Å². The number of aryl methyl sites for hydroxylation is 4. The highest BCUT2D eigenvalue weighted by Crippen LogP contribution is 2.42. The second kappa shape index (κ2) is 11.7. The molecule has 1 saturated carbocycles. The number of benzene rings is 4. The van der Waals surface area contributed by atoms with Crippen LogP contribution in [0.5, 0.6) is 0 Å². The number of fused-ring (bicyclic) bond motifs is 2. The van der Waals surface area contributed by atoms with Gasteiger partial charge in [-0.2, -0.15) is 0 Å². The topological polar surface area (TPSA) is 6.48 Å². The van der Waals surface area contributed by atoms with Crippen molar-refractivity contribution in [1.82, 2.24) is 0 Å². The van der Waals surface area contributed by atoms with E-state index in [0.29, 0.717) is 11.8 Å². The lowest BCUT2D eigenvalue weighted by Crippen LogP contribution is -2.24. The van der Waals surface area contributed by atoms with E-state index in [1.165, 1.54) is 108 Å². The fourth-order valence-corrected chi connectivity index (χ4v) is 7.32. The Morgan fingerprint density at radius 3 is 1.79 bits per heavy atom. The molecule has 0 saturated heterocycles. The van der Waals surface area contributed by atoms with Crippen molar-refractivity contribution in [2.24, 2.45) is 11.8 Å². The Morgan fingerprint density at radius 1 is 0.524 bits per heavy atom. The van der Waals surface area contributed by atoms with E-state index in [2.05, 4.69) is 133 Å². The molecule has 2 heteroatoms. The molecule has 0 radical (unpaired) electrons. The highest BCUT2D eigenvalue weighted by atomic mass is 15.2. The lowest BCUT2D eigenvalue weighted by molar-refractivity contribution is 0.333. The molecule has 7 rings (SSSR count). The van der Waals surface area contributed by atoms with Gasteiger partial charge in [-0.1, -0.05) is 55.3 Å². The van der Waals surface area contributed by atoms with Crippen molar-refractivity contribution in [2.75, 3.05) is 9.80 Å². The molecule has 2 nitrogen and oxygen atoms in total. The Morgan fingerprint density at radius 2 is 1.10 bits per heavy atom. The number of rotatable bonds is 6. The van der Waals surface area contributed by atoms with Gasteiger partial charge in [0.25, 0.3) is 0 Å². The molecule has 1 fully saturated rings. The molecule has 212 valence electrons. The van der Waals surface area contributed by atoms with Gasteiger partial charge in [-0.05, 0) is 153 Å². The Labute approximate surface area is 252 Å². The first-order chi connectivity index (χ1) is 20.6. The largest absolute Gasteiger partial charge is 0.311 e. The lowest BCUT2D eigenvalue weighted by atomic mass is 9.76. The third kappa shape index (κ3) is 5.43. The van der Waals surface area contributed by atoms with Crippen LogP contribution in [-0.2, 0) is 12.8 Å². The Bertz CT molecular complexity index is 1630. The summed E-state index contributed by atoms with van der Waals surface area (Å²) in [6.45, 7) is 4.37. The second-order valence-electron chi connectivity index (χ2n) is 12.6. The fraction of sp³-hybridized carbons (Fsp3) is 0.300. The molecule has 4 aromatic carbocycles. The van der Waals surface area contributed by atoms with Crippen LogP contribution in [0.2, 0.25) is 0 Å². The van der Waals surface area contributed by atoms with E-state index in [1.807, 2.05) is 0 Å². The van der Waals surface area contributed by atoms with Crippen LogP contribution in [0, 0.1) is 25.7 Å². The molecule has 2 unspecified atom stereocenters. The van der Waals surface area contributed by atoms with E-state index in [4.69, 9.17) is 0 Å². The summed E-state index contributed by atoms with van der Waals surface area (Å²) in [6, 6.07) is 34.1. The molecule has 0 bridgehead atoms. The number of anilines is 5. The molecule has 3 aliphatic rings. The van der Waals surface area contributed by atoms with E-state index in [0.717, 1.165) is 0 Å². The minimum atomic E-state index is 0.645. The molecule has 4 aromatic rings. The number of hydrogen-bond acceptors (Lipinski definition) is 2. The summed E-state index contributed by atoms with van der Waals surface area (Å²) >= 11 is 0. The maximum atomic E-state index is 2.55. The van der Waals surface area contributed by atoms with Crippen molar-refractivity contribution in [3.05, 3.63) is 137 Å². The van der Waals surface area contributed by atoms with Gasteiger partial charge in [0.1, 0.15) is 0 Å². The van der Waals surface area contributed by atoms with E-state index < -0.39 is 0 Å². The zero-order valence-electron chi connectivity index (χ0n) is 25.1. The average Bonchev–Trinajstić information content (AvgIpc) is 3.02. The second-order valence-corrected chi connectivity index (χ2v) is 12.6. The van der Waals surface area contributed by atoms with Gasteiger partial charge in [-0.3, -0.25) is 0 Å². The first-order valence-electron chi connectivity index (χ1n) is 16.0. The quantitative estimate of drug-likeness (QED) is 0.236. The van der Waals surface area contributed by atoms with Crippen LogP contribution in [-0.4, -0.2) is 0 Å². The number of hydrogen-bond donors (Lipinski definition) is 0. The van der Waals surface area contributed by atoms with Crippen molar-refractivity contribution in [1.29, 1.82) is 0 Å². The van der Waals surface area contributed by atoms with Gasteiger partial charge in [0.15, 0.2) is 0 Å². The summed E-state index contributed by atoms with van der Waals surface area (Å²) in [6.07, 6.45) is 17.7. The maximum Gasteiger partial charge on any atom is 0.0464 e. The highest BCUT2D eigenvalue weighted by molar-refractivity contribution is 5.80. The summed E-state index contributed by atoms with van der Waals surface area (Å²) in [5.41, 5.74) is 12.9. The zero-order chi connectivity index (χ0) is 28.5. The average molecular weight is 551 g/mol. The molecule has 0 aliphatic heterocycles. The molecule has 0 amide bonds.